The van der Waals surface area contributed by atoms with Gasteiger partial charge in [0.25, 0.3) is 0 Å². The number of hydrogen-bond acceptors (Lipinski definition) is 5. The molecule has 0 aromatic heterocycles. The summed E-state index contributed by atoms with van der Waals surface area (Å²) in [7, 11) is -0.156. The third-order valence-electron chi connectivity index (χ3n) is 6.13. The van der Waals surface area contributed by atoms with Crippen LogP contribution >= 0.6 is 23.2 Å². The molecule has 212 valence electrons. The van der Waals surface area contributed by atoms with Gasteiger partial charge in [0.15, 0.2) is 11.0 Å². The zero-order valence-corrected chi connectivity index (χ0v) is 24.8. The molecule has 4 rings (SSSR count). The monoisotopic (exact) mass is 596 g/mol. The maximum Gasteiger partial charge on any atom is 0.325 e. The first-order valence-corrected chi connectivity index (χ1v) is 14.5. The number of Topliss-reactive ketones (excluding diaryl/α,β-unsaturated/α-hetero) is 1. The van der Waals surface area contributed by atoms with Crippen LogP contribution in [0.2, 0.25) is 10.0 Å². The number of benzene rings is 2. The van der Waals surface area contributed by atoms with E-state index in [9.17, 15) is 18.6 Å². The standard InChI is InChI=1S/C24H26Cl2N4O4S.C3H8O/c1-15(31)14-30(35(34)20-12-17(25)11-18(26)13-20)19-5-6-21-16(10-19)7-9-29(21)24(33)28-8-3-4-22(28)23(32)27-2;1-3(2)4/h5-6,10-13,22H,3-4,7-9,14H2,1-2H3,(H,27,32);3-4H,1-2H3. The fourth-order valence-electron chi connectivity index (χ4n) is 4.54. The first kappa shape index (κ1) is 30.9. The molecule has 2 heterocycles. The van der Waals surface area contributed by atoms with Gasteiger partial charge in [0.1, 0.15) is 11.8 Å². The number of fused-ring (bicyclic) bond motifs is 1. The lowest BCUT2D eigenvalue weighted by molar-refractivity contribution is -0.124. The zero-order valence-electron chi connectivity index (χ0n) is 22.4. The van der Waals surface area contributed by atoms with Gasteiger partial charge in [0.2, 0.25) is 5.91 Å². The molecule has 2 N–H and O–H groups in total. The second kappa shape index (κ2) is 13.6. The smallest absolute Gasteiger partial charge is 0.325 e. The van der Waals surface area contributed by atoms with E-state index in [1.54, 1.807) is 61.0 Å². The number of halogens is 2. The summed E-state index contributed by atoms with van der Waals surface area (Å²) in [6, 6.07) is 9.42. The summed E-state index contributed by atoms with van der Waals surface area (Å²) >= 11 is 12.2. The first-order valence-electron chi connectivity index (χ1n) is 12.7. The quantitative estimate of drug-likeness (QED) is 0.519. The van der Waals surface area contributed by atoms with Crippen LogP contribution in [0.25, 0.3) is 0 Å². The Balaban J connectivity index is 0.000000983. The number of urea groups is 1. The number of carbonyl (C=O) groups excluding carboxylic acids is 3. The first-order chi connectivity index (χ1) is 18.4. The highest BCUT2D eigenvalue weighted by molar-refractivity contribution is 7.86. The number of nitrogens with one attached hydrogen (secondary N) is 1. The van der Waals surface area contributed by atoms with Crippen molar-refractivity contribution in [1.29, 1.82) is 0 Å². The largest absolute Gasteiger partial charge is 0.394 e. The lowest BCUT2D eigenvalue weighted by atomic mass is 10.1. The number of carbonyl (C=O) groups is 3. The van der Waals surface area contributed by atoms with Crippen LogP contribution in [0.3, 0.4) is 0 Å². The Labute approximate surface area is 241 Å². The summed E-state index contributed by atoms with van der Waals surface area (Å²) < 4.78 is 14.9. The minimum Gasteiger partial charge on any atom is -0.394 e. The molecule has 0 bridgehead atoms. The van der Waals surface area contributed by atoms with Crippen LogP contribution in [0, 0.1) is 0 Å². The van der Waals surface area contributed by atoms with Gasteiger partial charge >= 0.3 is 6.03 Å². The van der Waals surface area contributed by atoms with Crippen molar-refractivity contribution in [1.82, 2.24) is 10.2 Å². The highest BCUT2D eigenvalue weighted by Gasteiger charge is 2.38. The van der Waals surface area contributed by atoms with Crippen molar-refractivity contribution in [3.8, 4) is 0 Å². The second-order valence-corrected chi connectivity index (χ2v) is 11.9. The van der Waals surface area contributed by atoms with Gasteiger partial charge in [-0.2, -0.15) is 0 Å². The zero-order chi connectivity index (χ0) is 28.9. The predicted octanol–water partition coefficient (Wildman–Crippen LogP) is 4.19. The van der Waals surface area contributed by atoms with E-state index >= 15 is 0 Å². The lowest BCUT2D eigenvalue weighted by Crippen LogP contribution is -2.50. The average molecular weight is 598 g/mol. The number of ketones is 1. The second-order valence-electron chi connectivity index (χ2n) is 9.65. The van der Waals surface area contributed by atoms with Gasteiger partial charge in [-0.15, -0.1) is 0 Å². The van der Waals surface area contributed by atoms with E-state index in [1.165, 1.54) is 11.2 Å². The van der Waals surface area contributed by atoms with Gasteiger partial charge in [0.05, 0.1) is 17.1 Å². The van der Waals surface area contributed by atoms with E-state index < -0.39 is 17.0 Å². The molecule has 2 aliphatic rings. The van der Waals surface area contributed by atoms with Crippen molar-refractivity contribution in [3.05, 3.63) is 52.0 Å². The number of aliphatic hydroxyl groups is 1. The molecule has 0 radical (unpaired) electrons. The van der Waals surface area contributed by atoms with E-state index in [4.69, 9.17) is 28.3 Å². The molecule has 12 heteroatoms. The van der Waals surface area contributed by atoms with E-state index in [-0.39, 0.29) is 30.4 Å². The normalized spacial score (nSPS) is 16.9. The molecule has 0 aliphatic carbocycles. The van der Waals surface area contributed by atoms with Crippen molar-refractivity contribution >= 4 is 63.3 Å². The Morgan fingerprint density at radius 1 is 1.13 bits per heavy atom. The molecular weight excluding hydrogens is 563 g/mol. The van der Waals surface area contributed by atoms with Crippen molar-refractivity contribution < 1.29 is 23.7 Å². The Morgan fingerprint density at radius 2 is 1.77 bits per heavy atom. The minimum absolute atomic E-state index is 0.0697. The molecule has 2 aliphatic heterocycles. The Kier molecular flexibility index (Phi) is 10.8. The number of hydrogen-bond donors (Lipinski definition) is 2. The molecule has 0 saturated carbocycles. The van der Waals surface area contributed by atoms with Gasteiger partial charge in [-0.3, -0.25) is 18.8 Å². The number of nitrogens with zero attached hydrogens (tertiary/aromatic N) is 3. The number of likely N-dealkylation sites (tertiary alicyclic amines) is 1. The molecular formula is C27H34Cl2N4O5S. The van der Waals surface area contributed by atoms with Crippen LogP contribution in [0.1, 0.15) is 39.2 Å². The van der Waals surface area contributed by atoms with Gasteiger partial charge in [0, 0.05) is 42.0 Å². The average Bonchev–Trinajstić information content (AvgIpc) is 3.52. The van der Waals surface area contributed by atoms with E-state index in [0.29, 0.717) is 46.6 Å². The lowest BCUT2D eigenvalue weighted by Gasteiger charge is -2.29. The van der Waals surface area contributed by atoms with Crippen LogP contribution in [0.4, 0.5) is 16.2 Å². The fraction of sp³-hybridized carbons (Fsp3) is 0.444. The minimum atomic E-state index is -1.73. The summed E-state index contributed by atoms with van der Waals surface area (Å²) in [6.45, 7) is 5.82. The van der Waals surface area contributed by atoms with Crippen LogP contribution in [0.5, 0.6) is 0 Å². The Morgan fingerprint density at radius 3 is 2.36 bits per heavy atom. The van der Waals surface area contributed by atoms with Gasteiger partial charge in [-0.25, -0.2) is 9.00 Å². The molecule has 0 spiro atoms. The molecule has 2 aromatic carbocycles. The van der Waals surface area contributed by atoms with Gasteiger partial charge in [-0.05, 0) is 82.0 Å². The van der Waals surface area contributed by atoms with Crippen molar-refractivity contribution in [2.45, 2.75) is 57.1 Å². The molecule has 3 amide bonds. The summed E-state index contributed by atoms with van der Waals surface area (Å²) in [5.74, 6) is -0.313. The molecule has 39 heavy (non-hydrogen) atoms. The molecule has 9 nitrogen and oxygen atoms in total. The van der Waals surface area contributed by atoms with E-state index in [2.05, 4.69) is 5.32 Å². The van der Waals surface area contributed by atoms with Crippen molar-refractivity contribution in [2.75, 3.05) is 35.9 Å². The highest BCUT2D eigenvalue weighted by atomic mass is 35.5. The van der Waals surface area contributed by atoms with Crippen LogP contribution in [0.15, 0.2) is 41.3 Å². The van der Waals surface area contributed by atoms with Gasteiger partial charge < -0.3 is 15.3 Å². The molecule has 1 saturated heterocycles. The van der Waals surface area contributed by atoms with Crippen molar-refractivity contribution in [2.24, 2.45) is 0 Å². The van der Waals surface area contributed by atoms with Crippen LogP contribution in [-0.2, 0) is 27.0 Å². The highest BCUT2D eigenvalue weighted by Crippen LogP contribution is 2.35. The number of anilines is 2. The number of rotatable bonds is 6. The van der Waals surface area contributed by atoms with Crippen molar-refractivity contribution in [3.63, 3.8) is 0 Å². The third-order valence-corrected chi connectivity index (χ3v) is 7.94. The van der Waals surface area contributed by atoms with Crippen LogP contribution < -0.4 is 14.5 Å². The Hall–Kier alpha value is -2.66. The van der Waals surface area contributed by atoms with E-state index in [0.717, 1.165) is 17.7 Å². The topological polar surface area (TPSA) is 110 Å². The molecule has 2 atom stereocenters. The SMILES string of the molecule is CC(C)O.CNC(=O)C1CCCN1C(=O)N1CCc2cc(N(CC(C)=O)S(=O)c3cc(Cl)cc(Cl)c3)ccc21. The third kappa shape index (κ3) is 7.72. The fourth-order valence-corrected chi connectivity index (χ4v) is 6.51. The number of aliphatic hydroxyl groups excluding tert-OH is 1. The predicted molar refractivity (Wildman–Crippen MR) is 155 cm³/mol. The summed E-state index contributed by atoms with van der Waals surface area (Å²) in [4.78, 5) is 41.2. The summed E-state index contributed by atoms with van der Waals surface area (Å²) in [5.41, 5.74) is 2.24. The maximum atomic E-state index is 13.4. The molecule has 1 fully saturated rings. The molecule has 2 unspecified atom stereocenters. The number of likely N-dealkylation sites (N-methyl/N-ethyl adjacent to an activating group) is 1. The maximum absolute atomic E-state index is 13.4. The van der Waals surface area contributed by atoms with E-state index in [1.807, 2.05) is 6.07 Å². The van der Waals surface area contributed by atoms with Crippen LogP contribution in [-0.4, -0.2) is 70.8 Å². The number of amides is 3. The Bertz CT molecular complexity index is 1240. The molecule has 2 aromatic rings. The van der Waals surface area contributed by atoms with Gasteiger partial charge in [-0.1, -0.05) is 23.2 Å². The summed E-state index contributed by atoms with van der Waals surface area (Å²) in [5, 5.41) is 11.4. The summed E-state index contributed by atoms with van der Waals surface area (Å²) in [6.07, 6.45) is 1.87.